The smallest absolute Gasteiger partial charge is 0.399 e. The Morgan fingerprint density at radius 3 is 2.41 bits per heavy atom. The minimum Gasteiger partial charge on any atom is -0.399 e. The molecule has 3 aromatic carbocycles. The van der Waals surface area contributed by atoms with Crippen molar-refractivity contribution < 1.29 is 9.31 Å². The second-order valence-corrected chi connectivity index (χ2v) is 11.1. The van der Waals surface area contributed by atoms with Gasteiger partial charge in [-0.2, -0.15) is 0 Å². The molecule has 0 radical (unpaired) electrons. The first-order chi connectivity index (χ1) is 16.3. The molecule has 1 fully saturated rings. The molecule has 4 aliphatic rings. The van der Waals surface area contributed by atoms with Crippen molar-refractivity contribution in [3.8, 4) is 0 Å². The molecule has 7 rings (SSSR count). The third-order valence-corrected chi connectivity index (χ3v) is 8.62. The molecule has 1 heterocycles. The highest BCUT2D eigenvalue weighted by Crippen LogP contribution is 2.46. The maximum absolute atomic E-state index is 6.53. The lowest BCUT2D eigenvalue weighted by molar-refractivity contribution is 0.00578. The Morgan fingerprint density at radius 1 is 0.853 bits per heavy atom. The van der Waals surface area contributed by atoms with E-state index in [-0.39, 0.29) is 18.3 Å². The highest BCUT2D eigenvalue weighted by Gasteiger charge is 2.52. The van der Waals surface area contributed by atoms with Gasteiger partial charge in [-0.15, -0.1) is 0 Å². The minimum atomic E-state index is -0.385. The Balaban J connectivity index is 1.55. The molecule has 0 aromatic heterocycles. The van der Waals surface area contributed by atoms with Crippen LogP contribution in [0, 0.1) is 0 Å². The van der Waals surface area contributed by atoms with E-state index in [0.29, 0.717) is 0 Å². The van der Waals surface area contributed by atoms with E-state index in [1.165, 1.54) is 55.0 Å². The van der Waals surface area contributed by atoms with Gasteiger partial charge in [0.25, 0.3) is 0 Å². The predicted octanol–water partition coefficient (Wildman–Crippen LogP) is 6.91. The summed E-state index contributed by atoms with van der Waals surface area (Å²) in [5.41, 5.74) is 9.05. The molecule has 1 saturated heterocycles. The highest BCUT2D eigenvalue weighted by molar-refractivity contribution is 6.65. The second kappa shape index (κ2) is 6.84. The Bertz CT molecular complexity index is 1510. The summed E-state index contributed by atoms with van der Waals surface area (Å²) in [6, 6.07) is 13.6. The molecule has 0 amide bonds. The van der Waals surface area contributed by atoms with Crippen molar-refractivity contribution in [2.24, 2.45) is 0 Å². The van der Waals surface area contributed by atoms with Gasteiger partial charge in [-0.3, -0.25) is 0 Å². The quantitative estimate of drug-likeness (QED) is 0.300. The van der Waals surface area contributed by atoms with Gasteiger partial charge in [-0.1, -0.05) is 60.7 Å². The van der Waals surface area contributed by atoms with Crippen LogP contribution in [0.1, 0.15) is 57.2 Å². The van der Waals surface area contributed by atoms with Crippen molar-refractivity contribution in [3.05, 3.63) is 88.5 Å². The van der Waals surface area contributed by atoms with Gasteiger partial charge in [-0.05, 0) is 113 Å². The van der Waals surface area contributed by atoms with Crippen LogP contribution in [0.15, 0.2) is 71.8 Å². The summed E-state index contributed by atoms with van der Waals surface area (Å²) in [5, 5.41) is 5.10. The normalized spacial score (nSPS) is 21.8. The van der Waals surface area contributed by atoms with Gasteiger partial charge in [0, 0.05) is 0 Å². The Labute approximate surface area is 201 Å². The van der Waals surface area contributed by atoms with Crippen molar-refractivity contribution >= 4 is 45.8 Å². The summed E-state index contributed by atoms with van der Waals surface area (Å²) < 4.78 is 13.1. The summed E-state index contributed by atoms with van der Waals surface area (Å²) >= 11 is 0. The molecule has 0 saturated carbocycles. The van der Waals surface area contributed by atoms with Gasteiger partial charge in [0.15, 0.2) is 0 Å². The Kier molecular flexibility index (Phi) is 4.12. The van der Waals surface area contributed by atoms with Crippen molar-refractivity contribution in [2.75, 3.05) is 0 Å². The fourth-order valence-corrected chi connectivity index (χ4v) is 6.10. The molecule has 1 aliphatic heterocycles. The maximum Gasteiger partial charge on any atom is 0.495 e. The van der Waals surface area contributed by atoms with E-state index in [4.69, 9.17) is 9.31 Å². The molecule has 2 nitrogen and oxygen atoms in total. The van der Waals surface area contributed by atoms with Gasteiger partial charge in [0.05, 0.1) is 11.2 Å². The lowest BCUT2D eigenvalue weighted by Crippen LogP contribution is -2.41. The van der Waals surface area contributed by atoms with E-state index >= 15 is 0 Å². The lowest BCUT2D eigenvalue weighted by Gasteiger charge is -2.32. The summed E-state index contributed by atoms with van der Waals surface area (Å²) in [6.45, 7) is 8.50. The first kappa shape index (κ1) is 20.5. The van der Waals surface area contributed by atoms with Crippen LogP contribution in [0.3, 0.4) is 0 Å². The van der Waals surface area contributed by atoms with Crippen LogP contribution < -0.4 is 5.46 Å². The van der Waals surface area contributed by atoms with E-state index in [1.54, 1.807) is 0 Å². The largest absolute Gasteiger partial charge is 0.495 e. The Morgan fingerprint density at radius 2 is 1.62 bits per heavy atom. The predicted molar refractivity (Wildman–Crippen MR) is 143 cm³/mol. The first-order valence-electron chi connectivity index (χ1n) is 12.5. The molecule has 0 atom stereocenters. The lowest BCUT2D eigenvalue weighted by atomic mass is 9.72. The number of hydrogen-bond donors (Lipinski definition) is 0. The van der Waals surface area contributed by atoms with Gasteiger partial charge in [0.2, 0.25) is 0 Å². The molecule has 0 unspecified atom stereocenters. The molecule has 0 spiro atoms. The van der Waals surface area contributed by atoms with Crippen molar-refractivity contribution in [2.45, 2.75) is 58.2 Å². The molecule has 3 aliphatic carbocycles. The number of benzene rings is 3. The fourth-order valence-electron chi connectivity index (χ4n) is 6.10. The highest BCUT2D eigenvalue weighted by atomic mass is 16.7. The van der Waals surface area contributed by atoms with E-state index in [0.717, 1.165) is 24.7 Å². The molecule has 0 N–H and O–H groups in total. The SMILES string of the molecule is CC1(C)OB(c2cc3c4c5c(cc3c3ccccc23)C2=C(C=CCC2)C(=CC=C4)C5)OC1(C)C. The molecule has 34 heavy (non-hydrogen) atoms. The standard InChI is InChI=1S/C31H29BO2/c1-30(2)31(3,4)34-32(33-30)29-18-28-23-15-9-10-19-16-25(23)26(21-12-6-5-11-20(19)21)17-27(28)22-13-7-8-14-24(22)29/h5,7-11,13-15,17-18H,6,12,16H2,1-4H3. The van der Waals surface area contributed by atoms with Crippen molar-refractivity contribution in [1.82, 2.24) is 0 Å². The molecular weight excluding hydrogens is 415 g/mol. The zero-order chi connectivity index (χ0) is 23.2. The topological polar surface area (TPSA) is 18.5 Å². The molecule has 3 heteroatoms. The fraction of sp³-hybridized carbons (Fsp3) is 0.290. The van der Waals surface area contributed by atoms with Gasteiger partial charge >= 0.3 is 7.12 Å². The van der Waals surface area contributed by atoms with Crippen LogP contribution >= 0.6 is 0 Å². The van der Waals surface area contributed by atoms with E-state index in [2.05, 4.69) is 94.5 Å². The number of hydrogen-bond acceptors (Lipinski definition) is 2. The summed E-state index contributed by atoms with van der Waals surface area (Å²) in [4.78, 5) is 0. The minimum absolute atomic E-state index is 0.370. The monoisotopic (exact) mass is 444 g/mol. The van der Waals surface area contributed by atoms with Crippen LogP contribution in [0.4, 0.5) is 0 Å². The zero-order valence-corrected chi connectivity index (χ0v) is 20.4. The van der Waals surface area contributed by atoms with Gasteiger partial charge in [0.1, 0.15) is 0 Å². The van der Waals surface area contributed by atoms with Crippen molar-refractivity contribution in [3.63, 3.8) is 0 Å². The molecule has 2 bridgehead atoms. The second-order valence-electron chi connectivity index (χ2n) is 11.1. The average Bonchev–Trinajstić information content (AvgIpc) is 2.96. The van der Waals surface area contributed by atoms with Crippen LogP contribution in [0.25, 0.3) is 33.2 Å². The van der Waals surface area contributed by atoms with E-state index in [1.807, 2.05) is 0 Å². The Hall–Kier alpha value is -2.88. The van der Waals surface area contributed by atoms with Crippen LogP contribution in [-0.2, 0) is 15.7 Å². The van der Waals surface area contributed by atoms with E-state index < -0.39 is 0 Å². The molecule has 168 valence electrons. The van der Waals surface area contributed by atoms with Crippen LogP contribution in [0.5, 0.6) is 0 Å². The van der Waals surface area contributed by atoms with Crippen LogP contribution in [0.2, 0.25) is 0 Å². The zero-order valence-electron chi connectivity index (χ0n) is 20.4. The van der Waals surface area contributed by atoms with Gasteiger partial charge in [-0.25, -0.2) is 0 Å². The van der Waals surface area contributed by atoms with Gasteiger partial charge < -0.3 is 9.31 Å². The third kappa shape index (κ3) is 2.71. The summed E-state index contributed by atoms with van der Waals surface area (Å²) in [6.07, 6.45) is 14.8. The number of allylic oxidation sites excluding steroid dienone is 7. The third-order valence-electron chi connectivity index (χ3n) is 8.62. The van der Waals surface area contributed by atoms with Crippen molar-refractivity contribution in [1.29, 1.82) is 0 Å². The maximum atomic E-state index is 6.53. The summed E-state index contributed by atoms with van der Waals surface area (Å²) in [5.74, 6) is 0. The number of fused-ring (bicyclic) bond motifs is 7. The molecular formula is C31H29BO2. The summed E-state index contributed by atoms with van der Waals surface area (Å²) in [7, 11) is -0.385. The molecule has 3 aromatic rings. The first-order valence-corrected chi connectivity index (χ1v) is 12.5. The number of rotatable bonds is 1. The average molecular weight is 444 g/mol. The van der Waals surface area contributed by atoms with Crippen LogP contribution in [-0.4, -0.2) is 18.3 Å². The van der Waals surface area contributed by atoms with E-state index in [9.17, 15) is 0 Å².